The molecule has 1 heterocycles. The van der Waals surface area contributed by atoms with E-state index < -0.39 is 8.80 Å². The van der Waals surface area contributed by atoms with Gasteiger partial charge in [0.25, 0.3) is 0 Å². The highest BCUT2D eigenvalue weighted by molar-refractivity contribution is 7.99. The van der Waals surface area contributed by atoms with E-state index in [0.29, 0.717) is 19.8 Å². The van der Waals surface area contributed by atoms with Gasteiger partial charge in [0.15, 0.2) is 0 Å². The summed E-state index contributed by atoms with van der Waals surface area (Å²) in [5.41, 5.74) is 0. The minimum atomic E-state index is -2.52. The van der Waals surface area contributed by atoms with E-state index in [9.17, 15) is 0 Å². The second kappa shape index (κ2) is 13.7. The SMILES string of the molecule is CCCCCSc1nnn(CCCC[Si](OCC)(OCC)OCC)n1. The van der Waals surface area contributed by atoms with Crippen LogP contribution in [-0.2, 0) is 19.8 Å². The Bertz CT molecular complexity index is 434. The van der Waals surface area contributed by atoms with Crippen molar-refractivity contribution in [3.05, 3.63) is 0 Å². The molecule has 0 aliphatic heterocycles. The summed E-state index contributed by atoms with van der Waals surface area (Å²) in [4.78, 5) is 1.69. The molecule has 146 valence electrons. The van der Waals surface area contributed by atoms with Crippen LogP contribution in [0.15, 0.2) is 5.16 Å². The first-order valence-corrected chi connectivity index (χ1v) is 12.4. The summed E-state index contributed by atoms with van der Waals surface area (Å²) in [5.74, 6) is 1.06. The molecular formula is C16H34N4O3SSi. The van der Waals surface area contributed by atoms with Crippen LogP contribution in [0.2, 0.25) is 6.04 Å². The van der Waals surface area contributed by atoms with Crippen molar-refractivity contribution in [2.24, 2.45) is 0 Å². The molecule has 0 N–H and O–H groups in total. The van der Waals surface area contributed by atoms with Crippen molar-refractivity contribution in [1.82, 2.24) is 20.2 Å². The Morgan fingerprint density at radius 1 is 0.920 bits per heavy atom. The van der Waals surface area contributed by atoms with Gasteiger partial charge in [0, 0.05) is 31.6 Å². The molecule has 0 saturated carbocycles. The first-order chi connectivity index (χ1) is 12.2. The first kappa shape index (κ1) is 22.6. The van der Waals surface area contributed by atoms with E-state index >= 15 is 0 Å². The topological polar surface area (TPSA) is 71.3 Å². The fourth-order valence-electron chi connectivity index (χ4n) is 2.49. The summed E-state index contributed by atoms with van der Waals surface area (Å²) in [6, 6.07) is 0.829. The van der Waals surface area contributed by atoms with Crippen LogP contribution >= 0.6 is 11.8 Å². The lowest BCUT2D eigenvalue weighted by molar-refractivity contribution is 0.0705. The molecule has 0 bridgehead atoms. The van der Waals surface area contributed by atoms with E-state index in [-0.39, 0.29) is 0 Å². The van der Waals surface area contributed by atoms with E-state index in [2.05, 4.69) is 22.3 Å². The molecule has 1 aromatic rings. The van der Waals surface area contributed by atoms with E-state index in [4.69, 9.17) is 13.3 Å². The Morgan fingerprint density at radius 2 is 1.60 bits per heavy atom. The maximum absolute atomic E-state index is 5.87. The van der Waals surface area contributed by atoms with Gasteiger partial charge in [-0.2, -0.15) is 4.80 Å². The third-order valence-electron chi connectivity index (χ3n) is 3.60. The molecule has 0 fully saturated rings. The average molecular weight is 391 g/mol. The van der Waals surface area contributed by atoms with Crippen LogP contribution < -0.4 is 0 Å². The van der Waals surface area contributed by atoms with Crippen LogP contribution in [0.4, 0.5) is 0 Å². The third-order valence-corrected chi connectivity index (χ3v) is 7.66. The number of unbranched alkanes of at least 4 members (excludes halogenated alkanes) is 3. The van der Waals surface area contributed by atoms with Gasteiger partial charge in [0.05, 0.1) is 6.54 Å². The van der Waals surface area contributed by atoms with Gasteiger partial charge in [0.1, 0.15) is 0 Å². The van der Waals surface area contributed by atoms with Crippen molar-refractivity contribution in [1.29, 1.82) is 0 Å². The highest BCUT2D eigenvalue weighted by Gasteiger charge is 2.39. The minimum Gasteiger partial charge on any atom is -0.374 e. The molecule has 25 heavy (non-hydrogen) atoms. The first-order valence-electron chi connectivity index (χ1n) is 9.52. The number of thioether (sulfide) groups is 1. The van der Waals surface area contributed by atoms with Crippen molar-refractivity contribution in [3.63, 3.8) is 0 Å². The highest BCUT2D eigenvalue weighted by atomic mass is 32.2. The zero-order valence-electron chi connectivity index (χ0n) is 16.2. The molecule has 0 saturated heterocycles. The minimum absolute atomic E-state index is 0.621. The standard InChI is InChI=1S/C16H34N4O3SSi/c1-5-9-11-14-24-16-17-19-20(18-16)13-10-12-15-25(21-6-2,22-7-3)23-8-4/h5-15H2,1-4H3. The second-order valence-corrected chi connectivity index (χ2v) is 9.46. The molecule has 1 rings (SSSR count). The van der Waals surface area contributed by atoms with Crippen molar-refractivity contribution in [2.75, 3.05) is 25.6 Å². The summed E-state index contributed by atoms with van der Waals surface area (Å²) in [6.07, 6.45) is 5.61. The third kappa shape index (κ3) is 9.14. The quantitative estimate of drug-likeness (QED) is 0.242. The number of aryl methyl sites for hydroxylation is 1. The van der Waals surface area contributed by atoms with Gasteiger partial charge in [-0.05, 0) is 45.2 Å². The summed E-state index contributed by atoms with van der Waals surface area (Å²) >= 11 is 1.69. The predicted octanol–water partition coefficient (Wildman–Crippen LogP) is 3.78. The Morgan fingerprint density at radius 3 is 2.20 bits per heavy atom. The maximum atomic E-state index is 5.87. The monoisotopic (exact) mass is 390 g/mol. The largest absolute Gasteiger partial charge is 0.500 e. The lowest BCUT2D eigenvalue weighted by atomic mass is 10.3. The molecule has 1 aromatic heterocycles. The molecular weight excluding hydrogens is 356 g/mol. The summed E-state index contributed by atoms with van der Waals surface area (Å²) < 4.78 is 17.6. The predicted molar refractivity (Wildman–Crippen MR) is 103 cm³/mol. The number of aromatic nitrogens is 4. The number of rotatable bonds is 16. The fraction of sp³-hybridized carbons (Fsp3) is 0.938. The van der Waals surface area contributed by atoms with Crippen LogP contribution in [0, 0.1) is 0 Å². The van der Waals surface area contributed by atoms with Crippen LogP contribution in [0.25, 0.3) is 0 Å². The Labute approximate surface area is 157 Å². The molecule has 0 amide bonds. The molecule has 0 radical (unpaired) electrons. The molecule has 0 aromatic carbocycles. The smallest absolute Gasteiger partial charge is 0.374 e. The molecule has 0 aliphatic carbocycles. The van der Waals surface area contributed by atoms with E-state index in [1.54, 1.807) is 16.6 Å². The van der Waals surface area contributed by atoms with Crippen molar-refractivity contribution >= 4 is 20.6 Å². The number of hydrogen-bond donors (Lipinski definition) is 0. The van der Waals surface area contributed by atoms with E-state index in [1.807, 2.05) is 20.8 Å². The summed E-state index contributed by atoms with van der Waals surface area (Å²) in [7, 11) is -2.52. The maximum Gasteiger partial charge on any atom is 0.500 e. The van der Waals surface area contributed by atoms with Gasteiger partial charge in [-0.3, -0.25) is 0 Å². The fourth-order valence-corrected chi connectivity index (χ4v) is 5.96. The van der Waals surface area contributed by atoms with Crippen molar-refractivity contribution in [3.8, 4) is 0 Å². The van der Waals surface area contributed by atoms with Crippen LogP contribution in [-0.4, -0.2) is 54.6 Å². The number of hydrogen-bond acceptors (Lipinski definition) is 7. The van der Waals surface area contributed by atoms with Gasteiger partial charge in [-0.25, -0.2) is 0 Å². The summed E-state index contributed by atoms with van der Waals surface area (Å²) in [6.45, 7) is 10.8. The Kier molecular flexibility index (Phi) is 12.3. The van der Waals surface area contributed by atoms with Crippen LogP contribution in [0.5, 0.6) is 0 Å². The Hall–Kier alpha value is -0.483. The number of tetrazole rings is 1. The normalized spacial score (nSPS) is 12.0. The zero-order valence-corrected chi connectivity index (χ0v) is 18.0. The average Bonchev–Trinajstić information content (AvgIpc) is 3.04. The van der Waals surface area contributed by atoms with Gasteiger partial charge in [-0.15, -0.1) is 10.2 Å². The molecule has 0 aliphatic rings. The van der Waals surface area contributed by atoms with Gasteiger partial charge < -0.3 is 13.3 Å². The van der Waals surface area contributed by atoms with Gasteiger partial charge >= 0.3 is 8.80 Å². The highest BCUT2D eigenvalue weighted by Crippen LogP contribution is 2.19. The molecule has 0 atom stereocenters. The second-order valence-electron chi connectivity index (χ2n) is 5.66. The van der Waals surface area contributed by atoms with Crippen molar-refractivity contribution in [2.45, 2.75) is 77.5 Å². The molecule has 9 heteroatoms. The lowest BCUT2D eigenvalue weighted by Crippen LogP contribution is -2.45. The zero-order chi connectivity index (χ0) is 18.4. The van der Waals surface area contributed by atoms with Crippen LogP contribution in [0.1, 0.15) is 59.8 Å². The van der Waals surface area contributed by atoms with Gasteiger partial charge in [0.2, 0.25) is 5.16 Å². The molecule has 0 unspecified atom stereocenters. The lowest BCUT2D eigenvalue weighted by Gasteiger charge is -2.28. The Balaban J connectivity index is 2.34. The summed E-state index contributed by atoms with van der Waals surface area (Å²) in [5, 5.41) is 13.4. The van der Waals surface area contributed by atoms with E-state index in [1.165, 1.54) is 19.3 Å². The van der Waals surface area contributed by atoms with E-state index in [0.717, 1.165) is 36.3 Å². The number of nitrogens with zero attached hydrogens (tertiary/aromatic N) is 4. The van der Waals surface area contributed by atoms with Crippen LogP contribution in [0.3, 0.4) is 0 Å². The van der Waals surface area contributed by atoms with Crippen molar-refractivity contribution < 1.29 is 13.3 Å². The molecule has 7 nitrogen and oxygen atoms in total. The molecule has 0 spiro atoms. The van der Waals surface area contributed by atoms with Gasteiger partial charge in [-0.1, -0.05) is 31.5 Å².